The van der Waals surface area contributed by atoms with Crippen molar-refractivity contribution in [3.63, 3.8) is 0 Å². The van der Waals surface area contributed by atoms with Crippen LogP contribution in [-0.4, -0.2) is 54.1 Å². The highest BCUT2D eigenvalue weighted by atomic mass is 79.9. The van der Waals surface area contributed by atoms with Crippen LogP contribution in [0.1, 0.15) is 0 Å². The number of piperazine rings is 1. The molecule has 1 aliphatic heterocycles. The van der Waals surface area contributed by atoms with Crippen molar-refractivity contribution >= 4 is 26.8 Å². The Morgan fingerprint density at radius 3 is 2.63 bits per heavy atom. The molecule has 0 saturated carbocycles. The van der Waals surface area contributed by atoms with Gasteiger partial charge in [-0.2, -0.15) is 0 Å². The molecule has 1 aromatic heterocycles. The summed E-state index contributed by atoms with van der Waals surface area (Å²) >= 11 is 3.53. The van der Waals surface area contributed by atoms with Gasteiger partial charge in [0.15, 0.2) is 0 Å². The van der Waals surface area contributed by atoms with E-state index < -0.39 is 0 Å². The van der Waals surface area contributed by atoms with Gasteiger partial charge in [0.05, 0.1) is 0 Å². The van der Waals surface area contributed by atoms with Crippen LogP contribution in [0.3, 0.4) is 0 Å². The molecule has 19 heavy (non-hydrogen) atoms. The van der Waals surface area contributed by atoms with Crippen LogP contribution in [0, 0.1) is 0 Å². The predicted octanol–water partition coefficient (Wildman–Crippen LogP) is 2.65. The highest BCUT2D eigenvalue weighted by molar-refractivity contribution is 9.10. The zero-order chi connectivity index (χ0) is 13.2. The molecule has 0 unspecified atom stereocenters. The van der Waals surface area contributed by atoms with Crippen molar-refractivity contribution in [3.8, 4) is 0 Å². The average Bonchev–Trinajstić information content (AvgIpc) is 2.80. The zero-order valence-electron chi connectivity index (χ0n) is 11.3. The van der Waals surface area contributed by atoms with Crippen LogP contribution in [0.25, 0.3) is 10.9 Å². The van der Waals surface area contributed by atoms with E-state index in [9.17, 15) is 0 Å². The molecule has 3 nitrogen and oxygen atoms in total. The van der Waals surface area contributed by atoms with E-state index in [2.05, 4.69) is 67.8 Å². The summed E-state index contributed by atoms with van der Waals surface area (Å²) < 4.78 is 3.51. The molecule has 1 saturated heterocycles. The van der Waals surface area contributed by atoms with E-state index in [-0.39, 0.29) is 0 Å². The predicted molar refractivity (Wildman–Crippen MR) is 83.6 cm³/mol. The fourth-order valence-corrected chi connectivity index (χ4v) is 3.07. The second-order valence-corrected chi connectivity index (χ2v) is 6.27. The Morgan fingerprint density at radius 2 is 1.84 bits per heavy atom. The van der Waals surface area contributed by atoms with Gasteiger partial charge in [-0.15, -0.1) is 0 Å². The van der Waals surface area contributed by atoms with Gasteiger partial charge in [-0.25, -0.2) is 0 Å². The van der Waals surface area contributed by atoms with E-state index in [1.807, 2.05) is 0 Å². The van der Waals surface area contributed by atoms with Crippen molar-refractivity contribution in [3.05, 3.63) is 34.9 Å². The van der Waals surface area contributed by atoms with Gasteiger partial charge >= 0.3 is 0 Å². The summed E-state index contributed by atoms with van der Waals surface area (Å²) in [5.41, 5.74) is 1.33. The Hall–Kier alpha value is -0.840. The molecule has 2 heterocycles. The first kappa shape index (κ1) is 13.2. The van der Waals surface area contributed by atoms with Gasteiger partial charge in [0.1, 0.15) is 0 Å². The first-order valence-corrected chi connectivity index (χ1v) is 7.67. The zero-order valence-corrected chi connectivity index (χ0v) is 12.9. The van der Waals surface area contributed by atoms with Crippen molar-refractivity contribution in [2.75, 3.05) is 39.8 Å². The Bertz CT molecular complexity index is 556. The van der Waals surface area contributed by atoms with E-state index in [1.54, 1.807) is 0 Å². The maximum Gasteiger partial charge on any atom is 0.0481 e. The van der Waals surface area contributed by atoms with Crippen LogP contribution >= 0.6 is 15.9 Å². The molecule has 0 atom stereocenters. The number of aromatic nitrogens is 1. The lowest BCUT2D eigenvalue weighted by Crippen LogP contribution is -2.45. The maximum absolute atomic E-state index is 3.53. The second kappa shape index (κ2) is 5.65. The monoisotopic (exact) mass is 321 g/mol. The minimum absolute atomic E-state index is 1.08. The normalized spacial score (nSPS) is 18.2. The molecular formula is C15H20BrN3. The van der Waals surface area contributed by atoms with Gasteiger partial charge in [-0.05, 0) is 31.3 Å². The lowest BCUT2D eigenvalue weighted by molar-refractivity contribution is 0.150. The topological polar surface area (TPSA) is 11.4 Å². The summed E-state index contributed by atoms with van der Waals surface area (Å²) in [6.45, 7) is 7.00. The van der Waals surface area contributed by atoms with E-state index in [4.69, 9.17) is 0 Å². The van der Waals surface area contributed by atoms with Crippen molar-refractivity contribution in [1.29, 1.82) is 0 Å². The van der Waals surface area contributed by atoms with Gasteiger partial charge in [0.2, 0.25) is 0 Å². The molecule has 1 fully saturated rings. The van der Waals surface area contributed by atoms with E-state index in [1.165, 1.54) is 37.1 Å². The fourth-order valence-electron chi connectivity index (χ4n) is 2.69. The highest BCUT2D eigenvalue weighted by Gasteiger charge is 2.13. The number of rotatable bonds is 3. The van der Waals surface area contributed by atoms with Crippen molar-refractivity contribution < 1.29 is 0 Å². The number of benzene rings is 1. The fraction of sp³-hybridized carbons (Fsp3) is 0.467. The van der Waals surface area contributed by atoms with Crippen LogP contribution in [0.15, 0.2) is 34.9 Å². The largest absolute Gasteiger partial charge is 0.346 e. The molecule has 0 amide bonds. The van der Waals surface area contributed by atoms with Gasteiger partial charge in [0.25, 0.3) is 0 Å². The third kappa shape index (κ3) is 3.02. The third-order valence-corrected chi connectivity index (χ3v) is 4.48. The Labute approximate surface area is 122 Å². The second-order valence-electron chi connectivity index (χ2n) is 5.36. The SMILES string of the molecule is CN1CCN(CCn2ccc3cc(Br)ccc32)CC1. The molecular weight excluding hydrogens is 302 g/mol. The summed E-state index contributed by atoms with van der Waals surface area (Å²) in [7, 11) is 2.20. The van der Waals surface area contributed by atoms with Crippen LogP contribution in [0.5, 0.6) is 0 Å². The molecule has 4 heteroatoms. The van der Waals surface area contributed by atoms with Crippen molar-refractivity contribution in [1.82, 2.24) is 14.4 Å². The quantitative estimate of drug-likeness (QED) is 0.861. The summed E-state index contributed by atoms with van der Waals surface area (Å²) in [5.74, 6) is 0. The lowest BCUT2D eigenvalue weighted by atomic mass is 10.2. The standard InChI is InChI=1S/C15H20BrN3/c1-17-6-8-18(9-7-17)10-11-19-5-4-13-12-14(16)2-3-15(13)19/h2-5,12H,6-11H2,1H3. The minimum atomic E-state index is 1.08. The first-order chi connectivity index (χ1) is 9.22. The van der Waals surface area contributed by atoms with Crippen LogP contribution in [-0.2, 0) is 6.54 Å². The molecule has 3 rings (SSSR count). The van der Waals surface area contributed by atoms with Crippen molar-refractivity contribution in [2.24, 2.45) is 0 Å². The Balaban J connectivity index is 1.65. The molecule has 0 bridgehead atoms. The molecule has 0 spiro atoms. The average molecular weight is 322 g/mol. The highest BCUT2D eigenvalue weighted by Crippen LogP contribution is 2.20. The number of likely N-dealkylation sites (N-methyl/N-ethyl adjacent to an activating group) is 1. The van der Waals surface area contributed by atoms with Gasteiger partial charge in [-0.3, -0.25) is 4.90 Å². The minimum Gasteiger partial charge on any atom is -0.346 e. The van der Waals surface area contributed by atoms with Crippen LogP contribution in [0.4, 0.5) is 0 Å². The third-order valence-electron chi connectivity index (χ3n) is 3.99. The van der Waals surface area contributed by atoms with E-state index in [0.29, 0.717) is 0 Å². The molecule has 102 valence electrons. The number of hydrogen-bond donors (Lipinski definition) is 0. The summed E-state index contributed by atoms with van der Waals surface area (Å²) in [5, 5.41) is 1.31. The maximum atomic E-state index is 3.53. The van der Waals surface area contributed by atoms with Gasteiger partial charge < -0.3 is 9.47 Å². The Morgan fingerprint density at radius 1 is 1.05 bits per heavy atom. The number of halogens is 1. The van der Waals surface area contributed by atoms with E-state index >= 15 is 0 Å². The van der Waals surface area contributed by atoms with Crippen LogP contribution in [0.2, 0.25) is 0 Å². The summed E-state index contributed by atoms with van der Waals surface area (Å²) in [4.78, 5) is 4.96. The first-order valence-electron chi connectivity index (χ1n) is 6.88. The van der Waals surface area contributed by atoms with Crippen molar-refractivity contribution in [2.45, 2.75) is 6.54 Å². The van der Waals surface area contributed by atoms with Gasteiger partial charge in [0, 0.05) is 60.8 Å². The number of hydrogen-bond acceptors (Lipinski definition) is 2. The lowest BCUT2D eigenvalue weighted by Gasteiger charge is -2.32. The molecule has 1 aromatic carbocycles. The van der Waals surface area contributed by atoms with Gasteiger partial charge in [-0.1, -0.05) is 15.9 Å². The molecule has 0 N–H and O–H groups in total. The van der Waals surface area contributed by atoms with Crippen LogP contribution < -0.4 is 0 Å². The van der Waals surface area contributed by atoms with E-state index in [0.717, 1.165) is 17.6 Å². The molecule has 1 aliphatic rings. The summed E-state index contributed by atoms with van der Waals surface area (Å²) in [6.07, 6.45) is 2.20. The number of fused-ring (bicyclic) bond motifs is 1. The molecule has 0 radical (unpaired) electrons. The Kier molecular flexibility index (Phi) is 3.91. The number of nitrogens with zero attached hydrogens (tertiary/aromatic N) is 3. The molecule has 0 aliphatic carbocycles. The molecule has 2 aromatic rings. The summed E-state index contributed by atoms with van der Waals surface area (Å²) in [6, 6.07) is 8.70. The smallest absolute Gasteiger partial charge is 0.0481 e.